The van der Waals surface area contributed by atoms with Crippen molar-refractivity contribution in [3.8, 4) is 0 Å². The molecule has 1 saturated heterocycles. The van der Waals surface area contributed by atoms with Crippen LogP contribution in [0.1, 0.15) is 36.8 Å². The van der Waals surface area contributed by atoms with E-state index in [1.54, 1.807) is 4.90 Å². The van der Waals surface area contributed by atoms with Crippen LogP contribution in [0.4, 0.5) is 5.13 Å². The molecule has 6 nitrogen and oxygen atoms in total. The topological polar surface area (TPSA) is 75.2 Å². The van der Waals surface area contributed by atoms with Gasteiger partial charge in [0, 0.05) is 31.0 Å². The Kier molecular flexibility index (Phi) is 6.21. The standard InChI is InChI=1S/C18H21ClN4O2S/c1-2-3-8-23-11-13(10-16(23)24)17(25)20-18-22-21-15(26-18)9-12-4-6-14(19)7-5-12/h4-7,13H,2-3,8-11H2,1H3,(H,20,22,25). The summed E-state index contributed by atoms with van der Waals surface area (Å²) in [5, 5.41) is 12.9. The largest absolute Gasteiger partial charge is 0.342 e. The molecule has 2 heterocycles. The maximum atomic E-state index is 12.4. The van der Waals surface area contributed by atoms with Gasteiger partial charge >= 0.3 is 0 Å². The van der Waals surface area contributed by atoms with Gasteiger partial charge in [0.15, 0.2) is 0 Å². The molecule has 1 atom stereocenters. The number of rotatable bonds is 7. The summed E-state index contributed by atoms with van der Waals surface area (Å²) >= 11 is 7.24. The molecule has 2 aromatic rings. The molecular weight excluding hydrogens is 372 g/mol. The van der Waals surface area contributed by atoms with Crippen LogP contribution >= 0.6 is 22.9 Å². The predicted molar refractivity (Wildman–Crippen MR) is 102 cm³/mol. The van der Waals surface area contributed by atoms with E-state index in [1.807, 2.05) is 24.3 Å². The highest BCUT2D eigenvalue weighted by Crippen LogP contribution is 2.23. The first-order chi connectivity index (χ1) is 12.5. The van der Waals surface area contributed by atoms with Gasteiger partial charge in [0.1, 0.15) is 5.01 Å². The van der Waals surface area contributed by atoms with Gasteiger partial charge in [0.2, 0.25) is 16.9 Å². The minimum atomic E-state index is -0.317. The third-order valence-corrected chi connectivity index (χ3v) is 5.42. The quantitative estimate of drug-likeness (QED) is 0.783. The Morgan fingerprint density at radius 3 is 2.85 bits per heavy atom. The zero-order chi connectivity index (χ0) is 18.5. The molecule has 2 amide bonds. The molecule has 1 aromatic heterocycles. The highest BCUT2D eigenvalue weighted by atomic mass is 35.5. The van der Waals surface area contributed by atoms with E-state index in [9.17, 15) is 9.59 Å². The molecule has 1 aliphatic rings. The van der Waals surface area contributed by atoms with Crippen molar-refractivity contribution in [3.63, 3.8) is 0 Å². The summed E-state index contributed by atoms with van der Waals surface area (Å²) in [7, 11) is 0. The number of aromatic nitrogens is 2. The van der Waals surface area contributed by atoms with Gasteiger partial charge in [0.25, 0.3) is 0 Å². The van der Waals surface area contributed by atoms with Crippen molar-refractivity contribution in [2.45, 2.75) is 32.6 Å². The number of anilines is 1. The van der Waals surface area contributed by atoms with Crippen LogP contribution < -0.4 is 5.32 Å². The minimum absolute atomic E-state index is 0.0549. The van der Waals surface area contributed by atoms with Gasteiger partial charge in [-0.2, -0.15) is 0 Å². The molecule has 0 spiro atoms. The molecule has 0 bridgehead atoms. The Hall–Kier alpha value is -1.99. The summed E-state index contributed by atoms with van der Waals surface area (Å²) in [6, 6.07) is 7.55. The van der Waals surface area contributed by atoms with Gasteiger partial charge < -0.3 is 10.2 Å². The van der Waals surface area contributed by atoms with Crippen molar-refractivity contribution in [1.82, 2.24) is 15.1 Å². The van der Waals surface area contributed by atoms with Crippen molar-refractivity contribution in [2.24, 2.45) is 5.92 Å². The Morgan fingerprint density at radius 1 is 1.35 bits per heavy atom. The second-order valence-corrected chi connectivity index (χ2v) is 7.89. The van der Waals surface area contributed by atoms with Gasteiger partial charge in [-0.1, -0.05) is 48.4 Å². The van der Waals surface area contributed by atoms with Crippen LogP contribution in [0.5, 0.6) is 0 Å². The SMILES string of the molecule is CCCCN1CC(C(=O)Nc2nnc(Cc3ccc(Cl)cc3)s2)CC1=O. The van der Waals surface area contributed by atoms with E-state index < -0.39 is 0 Å². The molecule has 0 saturated carbocycles. The van der Waals surface area contributed by atoms with E-state index in [4.69, 9.17) is 11.6 Å². The first-order valence-corrected chi connectivity index (χ1v) is 9.90. The van der Waals surface area contributed by atoms with E-state index in [0.29, 0.717) is 23.1 Å². The van der Waals surface area contributed by atoms with E-state index in [1.165, 1.54) is 11.3 Å². The van der Waals surface area contributed by atoms with Crippen LogP contribution in [0.25, 0.3) is 0 Å². The first kappa shape index (κ1) is 18.8. The van der Waals surface area contributed by atoms with Crippen molar-refractivity contribution < 1.29 is 9.59 Å². The van der Waals surface area contributed by atoms with E-state index >= 15 is 0 Å². The lowest BCUT2D eigenvalue weighted by atomic mass is 10.1. The Balaban J connectivity index is 1.54. The fourth-order valence-electron chi connectivity index (χ4n) is 2.87. The van der Waals surface area contributed by atoms with Crippen LogP contribution in [-0.2, 0) is 16.0 Å². The Labute approximate surface area is 161 Å². The number of nitrogens with zero attached hydrogens (tertiary/aromatic N) is 3. The summed E-state index contributed by atoms with van der Waals surface area (Å²) in [5.74, 6) is -0.422. The third-order valence-electron chi connectivity index (χ3n) is 4.33. The van der Waals surface area contributed by atoms with Gasteiger partial charge in [0.05, 0.1) is 5.92 Å². The zero-order valence-electron chi connectivity index (χ0n) is 14.6. The van der Waals surface area contributed by atoms with Gasteiger partial charge in [-0.3, -0.25) is 9.59 Å². The van der Waals surface area contributed by atoms with Gasteiger partial charge in [-0.25, -0.2) is 0 Å². The number of hydrogen-bond donors (Lipinski definition) is 1. The number of unbranched alkanes of at least 4 members (excludes halogenated alkanes) is 1. The van der Waals surface area contributed by atoms with E-state index in [0.717, 1.165) is 30.0 Å². The van der Waals surface area contributed by atoms with Gasteiger partial charge in [-0.05, 0) is 24.1 Å². The maximum absolute atomic E-state index is 12.4. The summed E-state index contributed by atoms with van der Waals surface area (Å²) < 4.78 is 0. The first-order valence-electron chi connectivity index (χ1n) is 8.70. The van der Waals surface area contributed by atoms with E-state index in [2.05, 4.69) is 22.4 Å². The second-order valence-electron chi connectivity index (χ2n) is 6.39. The number of likely N-dealkylation sites (tertiary alicyclic amines) is 1. The normalized spacial score (nSPS) is 16.9. The number of carbonyl (C=O) groups is 2. The fraction of sp³-hybridized carbons (Fsp3) is 0.444. The summed E-state index contributed by atoms with van der Waals surface area (Å²) in [6.07, 6.45) is 2.90. The summed E-state index contributed by atoms with van der Waals surface area (Å²) in [4.78, 5) is 26.2. The second kappa shape index (κ2) is 8.60. The third kappa shape index (κ3) is 4.80. The van der Waals surface area contributed by atoms with Crippen LogP contribution in [0.2, 0.25) is 5.02 Å². The molecule has 8 heteroatoms. The van der Waals surface area contributed by atoms with Crippen LogP contribution in [0.3, 0.4) is 0 Å². The number of halogens is 1. The van der Waals surface area contributed by atoms with Crippen LogP contribution in [0.15, 0.2) is 24.3 Å². The smallest absolute Gasteiger partial charge is 0.231 e. The molecule has 0 aliphatic carbocycles. The minimum Gasteiger partial charge on any atom is -0.342 e. The fourth-order valence-corrected chi connectivity index (χ4v) is 3.78. The molecule has 26 heavy (non-hydrogen) atoms. The average molecular weight is 393 g/mol. The zero-order valence-corrected chi connectivity index (χ0v) is 16.1. The van der Waals surface area contributed by atoms with Crippen molar-refractivity contribution in [3.05, 3.63) is 39.9 Å². The number of carbonyl (C=O) groups excluding carboxylic acids is 2. The monoisotopic (exact) mass is 392 g/mol. The molecule has 0 radical (unpaired) electrons. The molecule has 1 N–H and O–H groups in total. The van der Waals surface area contributed by atoms with Crippen molar-refractivity contribution >= 4 is 39.9 Å². The Morgan fingerprint density at radius 2 is 2.12 bits per heavy atom. The number of nitrogens with one attached hydrogen (secondary N) is 1. The number of benzene rings is 1. The molecule has 3 rings (SSSR count). The lowest BCUT2D eigenvalue weighted by Crippen LogP contribution is -2.29. The molecular formula is C18H21ClN4O2S. The molecule has 1 unspecified atom stereocenters. The maximum Gasteiger partial charge on any atom is 0.231 e. The lowest BCUT2D eigenvalue weighted by Gasteiger charge is -2.15. The predicted octanol–water partition coefficient (Wildman–Crippen LogP) is 3.37. The number of hydrogen-bond acceptors (Lipinski definition) is 5. The van der Waals surface area contributed by atoms with Crippen LogP contribution in [-0.4, -0.2) is 40.0 Å². The van der Waals surface area contributed by atoms with E-state index in [-0.39, 0.29) is 24.2 Å². The molecule has 138 valence electrons. The van der Waals surface area contributed by atoms with Crippen molar-refractivity contribution in [2.75, 3.05) is 18.4 Å². The van der Waals surface area contributed by atoms with Crippen molar-refractivity contribution in [1.29, 1.82) is 0 Å². The molecule has 1 fully saturated rings. The molecule has 1 aliphatic heterocycles. The number of amides is 2. The van der Waals surface area contributed by atoms with Crippen LogP contribution in [0, 0.1) is 5.92 Å². The highest BCUT2D eigenvalue weighted by molar-refractivity contribution is 7.15. The molecule has 1 aromatic carbocycles. The lowest BCUT2D eigenvalue weighted by molar-refractivity contribution is -0.128. The average Bonchev–Trinajstić information content (AvgIpc) is 3.21. The van der Waals surface area contributed by atoms with Gasteiger partial charge in [-0.15, -0.1) is 10.2 Å². The summed E-state index contributed by atoms with van der Waals surface area (Å²) in [6.45, 7) is 3.30. The summed E-state index contributed by atoms with van der Waals surface area (Å²) in [5.41, 5.74) is 1.08. The Bertz CT molecular complexity index is 778. The highest BCUT2D eigenvalue weighted by Gasteiger charge is 2.34.